The van der Waals surface area contributed by atoms with Crippen LogP contribution < -0.4 is 20.9 Å². The van der Waals surface area contributed by atoms with Crippen molar-refractivity contribution in [3.63, 3.8) is 0 Å². The maximum absolute atomic E-state index is 14.4. The van der Waals surface area contributed by atoms with Crippen LogP contribution in [0.1, 0.15) is 115 Å². The van der Waals surface area contributed by atoms with E-state index in [1.807, 2.05) is 18.3 Å². The molecule has 1 unspecified atom stereocenters. The molecule has 0 radical (unpaired) electrons. The lowest BCUT2D eigenvalue weighted by molar-refractivity contribution is -0.136. The molecule has 2 bridgehead atoms. The van der Waals surface area contributed by atoms with Crippen molar-refractivity contribution < 1.29 is 32.7 Å². The minimum Gasteiger partial charge on any atom is -0.384 e. The second kappa shape index (κ2) is 16.2. The Kier molecular flexibility index (Phi) is 10.5. The van der Waals surface area contributed by atoms with E-state index in [4.69, 9.17) is 21.9 Å². The molecule has 4 amide bonds. The summed E-state index contributed by atoms with van der Waals surface area (Å²) in [5.41, 5.74) is 2.53. The summed E-state index contributed by atoms with van der Waals surface area (Å²) in [6.07, 6.45) is 12.1. The number of anilines is 3. The van der Waals surface area contributed by atoms with Crippen molar-refractivity contribution in [1.29, 1.82) is 0 Å². The molecule has 3 aromatic heterocycles. The Balaban J connectivity index is 0.645. The Hall–Kier alpha value is -5.40. The molecule has 3 atom stereocenters. The number of ether oxygens (including phenoxy) is 1. The molecule has 2 saturated carbocycles. The summed E-state index contributed by atoms with van der Waals surface area (Å²) in [4.78, 5) is 62.0. The molecule has 7 aliphatic rings. The summed E-state index contributed by atoms with van der Waals surface area (Å²) in [6, 6.07) is 6.45. The first-order valence-corrected chi connectivity index (χ1v) is 23.1. The number of likely N-dealkylation sites (tertiary alicyclic amines) is 1. The lowest BCUT2D eigenvalue weighted by Gasteiger charge is -2.53. The predicted octanol–water partition coefficient (Wildman–Crippen LogP) is 5.37. The standard InChI is InChI=1S/C45H51F2N11O5S/c46-39(47)38-33(50-42(64)31-20-49-56-13-10-35(51-40(31)56)55-22-29-16-28(55)24-63-29)23-57(53-38)27-6-4-25(5-7-27)21-54-14-11-45(12-15-54)17-26(18-45)19-48-32-3-1-2-30-37(32)44(62)58(43(30)61)34-8-9-36(59)52-41(34)60/h1-3,10,13,20,23,25-29,34,39,48H,4-9,11-12,14-19,21-22,24H2,(H,50,64)(H,52,59,60)/t25?,27?,28-,29-,34?/m1/s1. The number of halogens is 2. The van der Waals surface area contributed by atoms with Crippen LogP contribution in [0.5, 0.6) is 0 Å². The van der Waals surface area contributed by atoms with E-state index in [9.17, 15) is 28.0 Å². The van der Waals surface area contributed by atoms with Gasteiger partial charge in [0.1, 0.15) is 16.8 Å². The summed E-state index contributed by atoms with van der Waals surface area (Å²) < 4.78 is 37.9. The minimum atomic E-state index is -2.77. The Labute approximate surface area is 373 Å². The second-order valence-corrected chi connectivity index (χ2v) is 19.5. The number of thiocarbonyl (C=S) groups is 1. The van der Waals surface area contributed by atoms with E-state index in [0.29, 0.717) is 58.9 Å². The van der Waals surface area contributed by atoms with E-state index >= 15 is 0 Å². The molecule has 2 aliphatic carbocycles. The topological polar surface area (TPSA) is 171 Å². The number of hydrogen-bond donors (Lipinski definition) is 3. The van der Waals surface area contributed by atoms with Crippen molar-refractivity contribution in [2.24, 2.45) is 17.3 Å². The molecule has 19 heteroatoms. The highest BCUT2D eigenvalue weighted by molar-refractivity contribution is 7.81. The SMILES string of the molecule is O=C1CCC(N2C(=O)c3cccc(NCC4CC5(CCN(CC6CCC(n7cc(NC(=S)c8cnn9ccc(N%10C[C@H]%11C[C@@H]%10CO%11)nc89)c(C(F)F)n7)CC6)CC5)C4)c3C2=O)C(=O)N1. The highest BCUT2D eigenvalue weighted by atomic mass is 32.1. The average molecular weight is 896 g/mol. The Morgan fingerprint density at radius 2 is 1.80 bits per heavy atom. The van der Waals surface area contributed by atoms with Crippen LogP contribution in [-0.2, 0) is 14.3 Å². The van der Waals surface area contributed by atoms with Crippen LogP contribution in [0.25, 0.3) is 5.65 Å². The van der Waals surface area contributed by atoms with Gasteiger partial charge < -0.3 is 25.2 Å². The van der Waals surface area contributed by atoms with Crippen LogP contribution in [-0.4, -0.2) is 120 Å². The smallest absolute Gasteiger partial charge is 0.284 e. The van der Waals surface area contributed by atoms with E-state index in [2.05, 4.69) is 35.9 Å². The number of fused-ring (bicyclic) bond motifs is 4. The highest BCUT2D eigenvalue weighted by Crippen LogP contribution is 2.53. The number of hydrogen-bond acceptors (Lipinski definition) is 12. The first kappa shape index (κ1) is 41.3. The number of morpholine rings is 1. The molecular weight excluding hydrogens is 845 g/mol. The van der Waals surface area contributed by atoms with E-state index in [-0.39, 0.29) is 46.9 Å². The van der Waals surface area contributed by atoms with E-state index in [0.717, 1.165) is 94.7 Å². The number of rotatable bonds is 11. The number of carbonyl (C=O) groups is 4. The van der Waals surface area contributed by atoms with E-state index < -0.39 is 36.1 Å². The number of aromatic nitrogens is 5. The third-order valence-corrected chi connectivity index (χ3v) is 15.4. The third kappa shape index (κ3) is 7.42. The van der Waals surface area contributed by atoms with E-state index in [1.165, 1.54) is 0 Å². The number of amides is 4. The number of imide groups is 2. The summed E-state index contributed by atoms with van der Waals surface area (Å²) in [5, 5.41) is 17.6. The quantitative estimate of drug-likeness (QED) is 0.130. The van der Waals surface area contributed by atoms with Gasteiger partial charge in [-0.1, -0.05) is 18.3 Å². The number of nitrogens with one attached hydrogen (secondary N) is 3. The fourth-order valence-electron chi connectivity index (χ4n) is 11.7. The van der Waals surface area contributed by atoms with Crippen molar-refractivity contribution in [3.8, 4) is 0 Å². The van der Waals surface area contributed by atoms with Gasteiger partial charge in [-0.05, 0) is 113 Å². The molecule has 336 valence electrons. The van der Waals surface area contributed by atoms with Crippen molar-refractivity contribution in [3.05, 3.63) is 65.2 Å². The maximum atomic E-state index is 14.4. The fraction of sp³-hybridized carbons (Fsp3) is 0.556. The Morgan fingerprint density at radius 1 is 0.984 bits per heavy atom. The lowest BCUT2D eigenvalue weighted by atomic mass is 9.57. The van der Waals surface area contributed by atoms with Crippen molar-refractivity contribution in [2.75, 3.05) is 54.9 Å². The van der Waals surface area contributed by atoms with Gasteiger partial charge in [0.15, 0.2) is 11.3 Å². The third-order valence-electron chi connectivity index (χ3n) is 15.1. The molecule has 1 spiro atoms. The zero-order valence-electron chi connectivity index (χ0n) is 35.4. The monoisotopic (exact) mass is 895 g/mol. The zero-order chi connectivity index (χ0) is 43.9. The molecule has 6 fully saturated rings. The largest absolute Gasteiger partial charge is 0.384 e. The average Bonchev–Trinajstić information content (AvgIpc) is 4.13. The van der Waals surface area contributed by atoms with E-state index in [1.54, 1.807) is 33.7 Å². The summed E-state index contributed by atoms with van der Waals surface area (Å²) in [5.74, 6) is -0.190. The van der Waals surface area contributed by atoms with Gasteiger partial charge in [0.25, 0.3) is 18.2 Å². The normalized spacial score (nSPS) is 26.9. The van der Waals surface area contributed by atoms with Crippen molar-refractivity contribution in [2.45, 2.75) is 101 Å². The van der Waals surface area contributed by atoms with Crippen LogP contribution >= 0.6 is 12.2 Å². The summed E-state index contributed by atoms with van der Waals surface area (Å²) >= 11 is 5.76. The van der Waals surface area contributed by atoms with Crippen LogP contribution in [0.2, 0.25) is 0 Å². The second-order valence-electron chi connectivity index (χ2n) is 19.1. The van der Waals surface area contributed by atoms with Crippen molar-refractivity contribution in [1.82, 2.24) is 39.5 Å². The Morgan fingerprint density at radius 3 is 2.53 bits per heavy atom. The van der Waals surface area contributed by atoms with Gasteiger partial charge in [-0.2, -0.15) is 10.2 Å². The summed E-state index contributed by atoms with van der Waals surface area (Å²) in [6.45, 7) is 5.32. The maximum Gasteiger partial charge on any atom is 0.284 e. The van der Waals surface area contributed by atoms with Crippen molar-refractivity contribution >= 4 is 63.7 Å². The van der Waals surface area contributed by atoms with Crippen LogP contribution in [0.3, 0.4) is 0 Å². The van der Waals surface area contributed by atoms with Gasteiger partial charge in [-0.3, -0.25) is 34.1 Å². The molecule has 64 heavy (non-hydrogen) atoms. The van der Waals surface area contributed by atoms with Gasteiger partial charge in [0.2, 0.25) is 11.8 Å². The van der Waals surface area contributed by atoms with Gasteiger partial charge in [0, 0.05) is 44.1 Å². The zero-order valence-corrected chi connectivity index (χ0v) is 36.2. The lowest BCUT2D eigenvalue weighted by Crippen LogP contribution is -2.54. The number of alkyl halides is 2. The van der Waals surface area contributed by atoms with Crippen LogP contribution in [0.15, 0.2) is 42.9 Å². The number of carbonyl (C=O) groups excluding carboxylic acids is 4. The molecule has 4 saturated heterocycles. The van der Waals surface area contributed by atoms with Gasteiger partial charge >= 0.3 is 0 Å². The number of piperidine rings is 2. The first-order chi connectivity index (χ1) is 31.0. The minimum absolute atomic E-state index is 0.0313. The molecular formula is C45H51F2N11O5S. The fourth-order valence-corrected chi connectivity index (χ4v) is 12.0. The van der Waals surface area contributed by atoms with Crippen LogP contribution in [0.4, 0.5) is 26.0 Å². The molecule has 11 rings (SSSR count). The molecule has 5 aliphatic heterocycles. The number of nitrogens with zero attached hydrogens (tertiary/aromatic N) is 8. The highest BCUT2D eigenvalue weighted by Gasteiger charge is 2.48. The number of benzene rings is 1. The molecule has 3 N–H and O–H groups in total. The molecule has 16 nitrogen and oxygen atoms in total. The first-order valence-electron chi connectivity index (χ1n) is 22.7. The molecule has 8 heterocycles. The van der Waals surface area contributed by atoms with Gasteiger partial charge in [-0.25, -0.2) is 18.3 Å². The van der Waals surface area contributed by atoms with Crippen LogP contribution in [0, 0.1) is 17.3 Å². The predicted molar refractivity (Wildman–Crippen MR) is 234 cm³/mol. The molecule has 4 aromatic rings. The molecule has 1 aromatic carbocycles. The van der Waals surface area contributed by atoms with Gasteiger partial charge in [0.05, 0.1) is 53.4 Å². The van der Waals surface area contributed by atoms with Gasteiger partial charge in [-0.15, -0.1) is 0 Å². The summed E-state index contributed by atoms with van der Waals surface area (Å²) in [7, 11) is 0. The Bertz CT molecular complexity index is 2540.